The monoisotopic (exact) mass is 308 g/mol. The van der Waals surface area contributed by atoms with E-state index in [1.807, 2.05) is 6.20 Å². The third kappa shape index (κ3) is 4.31. The summed E-state index contributed by atoms with van der Waals surface area (Å²) >= 11 is 3.50. The third-order valence-corrected chi connectivity index (χ3v) is 4.87. The van der Waals surface area contributed by atoms with Gasteiger partial charge in [-0.1, -0.05) is 6.07 Å². The maximum Gasteiger partial charge on any atom is 0.191 e. The lowest BCUT2D eigenvalue weighted by molar-refractivity contribution is 0.695. The Morgan fingerprint density at radius 1 is 1.50 bits per heavy atom. The van der Waals surface area contributed by atoms with E-state index in [0.717, 1.165) is 23.9 Å². The fraction of sp³-hybridized carbons (Fsp3) is 0.429. The number of guanidine groups is 1. The van der Waals surface area contributed by atoms with E-state index in [1.54, 1.807) is 29.7 Å². The molecule has 6 heteroatoms. The predicted molar refractivity (Wildman–Crippen MR) is 87.8 cm³/mol. The number of thiophene rings is 1. The molecule has 0 aromatic carbocycles. The minimum atomic E-state index is 0.267. The van der Waals surface area contributed by atoms with Crippen LogP contribution in [0.15, 0.2) is 28.7 Å². The highest BCUT2D eigenvalue weighted by Gasteiger charge is 2.08. The maximum atomic E-state index is 4.36. The van der Waals surface area contributed by atoms with Crippen LogP contribution in [0.1, 0.15) is 27.7 Å². The standard InChI is InChI=1S/C14H20N4S2/c1-10-9-17-13(20-10)6-7-16-14(15-3)18-11(2)12-5-4-8-19-12/h4-5,8-9,11H,6-7H2,1-3H3,(H2,15,16,18). The fourth-order valence-electron chi connectivity index (χ4n) is 1.81. The summed E-state index contributed by atoms with van der Waals surface area (Å²) in [5.74, 6) is 0.833. The van der Waals surface area contributed by atoms with Crippen LogP contribution in [0.5, 0.6) is 0 Å². The third-order valence-electron chi connectivity index (χ3n) is 2.85. The average molecular weight is 308 g/mol. The molecular weight excluding hydrogens is 288 g/mol. The number of aromatic nitrogens is 1. The van der Waals surface area contributed by atoms with Gasteiger partial charge in [0.15, 0.2) is 5.96 Å². The summed E-state index contributed by atoms with van der Waals surface area (Å²) in [5.41, 5.74) is 0. The number of rotatable bonds is 5. The van der Waals surface area contributed by atoms with Gasteiger partial charge in [-0.2, -0.15) is 0 Å². The van der Waals surface area contributed by atoms with Crippen molar-refractivity contribution in [2.24, 2.45) is 4.99 Å². The Hall–Kier alpha value is -1.40. The molecule has 0 aliphatic heterocycles. The van der Waals surface area contributed by atoms with Gasteiger partial charge >= 0.3 is 0 Å². The summed E-state index contributed by atoms with van der Waals surface area (Å²) in [6.45, 7) is 5.06. The van der Waals surface area contributed by atoms with Gasteiger partial charge in [-0.05, 0) is 25.3 Å². The van der Waals surface area contributed by atoms with Gasteiger partial charge in [-0.25, -0.2) is 4.98 Å². The Kier molecular flexibility index (Phi) is 5.55. The van der Waals surface area contributed by atoms with E-state index in [1.165, 1.54) is 9.75 Å². The first kappa shape index (κ1) is 15.0. The first-order chi connectivity index (χ1) is 9.69. The fourth-order valence-corrected chi connectivity index (χ4v) is 3.33. The van der Waals surface area contributed by atoms with E-state index < -0.39 is 0 Å². The van der Waals surface area contributed by atoms with Gasteiger partial charge in [0.1, 0.15) is 0 Å². The SMILES string of the molecule is CN=C(NCCc1ncc(C)s1)NC(C)c1cccs1. The first-order valence-electron chi connectivity index (χ1n) is 6.61. The molecule has 20 heavy (non-hydrogen) atoms. The van der Waals surface area contributed by atoms with Gasteiger partial charge < -0.3 is 10.6 Å². The van der Waals surface area contributed by atoms with Crippen LogP contribution in [0, 0.1) is 6.92 Å². The van der Waals surface area contributed by atoms with Gasteiger partial charge in [0.2, 0.25) is 0 Å². The van der Waals surface area contributed by atoms with Gasteiger partial charge in [-0.15, -0.1) is 22.7 Å². The van der Waals surface area contributed by atoms with Crippen LogP contribution in [-0.2, 0) is 6.42 Å². The zero-order valence-corrected chi connectivity index (χ0v) is 13.6. The van der Waals surface area contributed by atoms with Crippen molar-refractivity contribution in [1.82, 2.24) is 15.6 Å². The van der Waals surface area contributed by atoms with Crippen LogP contribution < -0.4 is 10.6 Å². The summed E-state index contributed by atoms with van der Waals surface area (Å²) in [7, 11) is 1.80. The van der Waals surface area contributed by atoms with E-state index in [9.17, 15) is 0 Å². The van der Waals surface area contributed by atoms with Crippen LogP contribution in [0.2, 0.25) is 0 Å². The molecule has 0 bridgehead atoms. The first-order valence-corrected chi connectivity index (χ1v) is 8.30. The van der Waals surface area contributed by atoms with E-state index in [0.29, 0.717) is 0 Å². The molecule has 108 valence electrons. The molecular formula is C14H20N4S2. The highest BCUT2D eigenvalue weighted by atomic mass is 32.1. The van der Waals surface area contributed by atoms with Crippen molar-refractivity contribution in [3.8, 4) is 0 Å². The lowest BCUT2D eigenvalue weighted by Gasteiger charge is -2.16. The number of aryl methyl sites for hydroxylation is 1. The lowest BCUT2D eigenvalue weighted by atomic mass is 10.3. The van der Waals surface area contributed by atoms with E-state index >= 15 is 0 Å². The molecule has 2 N–H and O–H groups in total. The molecule has 0 radical (unpaired) electrons. The van der Waals surface area contributed by atoms with Crippen molar-refractivity contribution in [2.45, 2.75) is 26.3 Å². The maximum absolute atomic E-state index is 4.36. The van der Waals surface area contributed by atoms with Gasteiger partial charge in [0.05, 0.1) is 11.0 Å². The summed E-state index contributed by atoms with van der Waals surface area (Å²) in [6.07, 6.45) is 2.85. The number of hydrogen-bond acceptors (Lipinski definition) is 4. The summed E-state index contributed by atoms with van der Waals surface area (Å²) in [4.78, 5) is 11.2. The molecule has 0 fully saturated rings. The van der Waals surface area contributed by atoms with Crippen molar-refractivity contribution >= 4 is 28.6 Å². The molecule has 2 heterocycles. The Morgan fingerprint density at radius 3 is 2.95 bits per heavy atom. The minimum Gasteiger partial charge on any atom is -0.356 e. The Bertz CT molecular complexity index is 545. The van der Waals surface area contributed by atoms with Crippen molar-refractivity contribution in [1.29, 1.82) is 0 Å². The van der Waals surface area contributed by atoms with Crippen LogP contribution in [-0.4, -0.2) is 24.5 Å². The minimum absolute atomic E-state index is 0.267. The molecule has 0 amide bonds. The zero-order valence-electron chi connectivity index (χ0n) is 12.0. The average Bonchev–Trinajstić information content (AvgIpc) is 3.09. The zero-order chi connectivity index (χ0) is 14.4. The number of nitrogens with one attached hydrogen (secondary N) is 2. The summed E-state index contributed by atoms with van der Waals surface area (Å²) in [6, 6.07) is 4.47. The highest BCUT2D eigenvalue weighted by molar-refractivity contribution is 7.11. The van der Waals surface area contributed by atoms with Crippen LogP contribution in [0.25, 0.3) is 0 Å². The van der Waals surface area contributed by atoms with E-state index in [2.05, 4.69) is 52.0 Å². The Labute approximate surface area is 128 Å². The Balaban J connectivity index is 1.78. The highest BCUT2D eigenvalue weighted by Crippen LogP contribution is 2.17. The smallest absolute Gasteiger partial charge is 0.191 e. The Morgan fingerprint density at radius 2 is 2.35 bits per heavy atom. The normalized spacial score (nSPS) is 13.2. The van der Waals surface area contributed by atoms with Crippen molar-refractivity contribution in [2.75, 3.05) is 13.6 Å². The molecule has 0 aliphatic rings. The molecule has 0 aliphatic carbocycles. The topological polar surface area (TPSA) is 49.3 Å². The second-order valence-corrected chi connectivity index (χ2v) is 6.79. The number of nitrogens with zero attached hydrogens (tertiary/aromatic N) is 2. The molecule has 2 aromatic rings. The van der Waals surface area contributed by atoms with Gasteiger partial charge in [0.25, 0.3) is 0 Å². The quantitative estimate of drug-likeness (QED) is 0.659. The molecule has 0 saturated carbocycles. The van der Waals surface area contributed by atoms with E-state index in [-0.39, 0.29) is 6.04 Å². The molecule has 4 nitrogen and oxygen atoms in total. The van der Waals surface area contributed by atoms with Crippen LogP contribution in [0.4, 0.5) is 0 Å². The van der Waals surface area contributed by atoms with Crippen molar-refractivity contribution in [3.05, 3.63) is 38.5 Å². The molecule has 1 atom stereocenters. The van der Waals surface area contributed by atoms with Gasteiger partial charge in [0, 0.05) is 36.0 Å². The second-order valence-electron chi connectivity index (χ2n) is 4.50. The van der Waals surface area contributed by atoms with Gasteiger partial charge in [-0.3, -0.25) is 4.99 Å². The van der Waals surface area contributed by atoms with Crippen LogP contribution >= 0.6 is 22.7 Å². The molecule has 1 unspecified atom stereocenters. The molecule has 0 saturated heterocycles. The number of hydrogen-bond donors (Lipinski definition) is 2. The largest absolute Gasteiger partial charge is 0.356 e. The van der Waals surface area contributed by atoms with Crippen molar-refractivity contribution < 1.29 is 0 Å². The molecule has 0 spiro atoms. The summed E-state index contributed by atoms with van der Waals surface area (Å²) < 4.78 is 0. The lowest BCUT2D eigenvalue weighted by Crippen LogP contribution is -2.39. The van der Waals surface area contributed by atoms with Crippen LogP contribution in [0.3, 0.4) is 0 Å². The second kappa shape index (κ2) is 7.40. The number of aliphatic imine (C=N–C) groups is 1. The molecule has 2 rings (SSSR count). The van der Waals surface area contributed by atoms with E-state index in [4.69, 9.17) is 0 Å². The molecule has 2 aromatic heterocycles. The number of thiazole rings is 1. The van der Waals surface area contributed by atoms with Crippen molar-refractivity contribution in [3.63, 3.8) is 0 Å². The predicted octanol–water partition coefficient (Wildman–Crippen LogP) is 2.98. The summed E-state index contributed by atoms with van der Waals surface area (Å²) in [5, 5.41) is 9.98.